The number of nitrogens with one attached hydrogen (secondary N) is 2. The lowest BCUT2D eigenvalue weighted by Crippen LogP contribution is -2.53. The Morgan fingerprint density at radius 2 is 0.857 bits per heavy atom. The van der Waals surface area contributed by atoms with Gasteiger partial charge in [-0.3, -0.25) is 9.59 Å². The Bertz CT molecular complexity index is 596. The zero-order chi connectivity index (χ0) is 21.4. The van der Waals surface area contributed by atoms with Gasteiger partial charge in [-0.15, -0.1) is 0 Å². The number of carbonyl (C=O) groups excluding carboxylic acids is 2. The molecule has 0 amide bonds. The number of Topliss-reactive ketones (excluding diaryl/α,β-unsaturated/α-hetero) is 2. The molecule has 4 N–H and O–H groups in total. The highest BCUT2D eigenvalue weighted by molar-refractivity contribution is 6.27. The van der Waals surface area contributed by atoms with Crippen LogP contribution in [0.4, 0.5) is 0 Å². The van der Waals surface area contributed by atoms with Crippen molar-refractivity contribution in [3.63, 3.8) is 0 Å². The van der Waals surface area contributed by atoms with E-state index in [1.54, 1.807) is 0 Å². The summed E-state index contributed by atoms with van der Waals surface area (Å²) in [7, 11) is 0. The molecule has 4 aliphatic rings. The second kappa shape index (κ2) is 7.55. The second-order valence-electron chi connectivity index (χ2n) is 9.89. The maximum absolute atomic E-state index is 11.3. The van der Waals surface area contributed by atoms with Gasteiger partial charge in [0.2, 0.25) is 0 Å². The minimum atomic E-state index is -1.82. The van der Waals surface area contributed by atoms with Gasteiger partial charge in [0.05, 0.1) is 0 Å². The molecule has 4 bridgehead atoms. The van der Waals surface area contributed by atoms with Gasteiger partial charge in [0.1, 0.15) is 11.6 Å². The van der Waals surface area contributed by atoms with Crippen LogP contribution < -0.4 is 10.6 Å². The van der Waals surface area contributed by atoms with Crippen LogP contribution >= 0.6 is 0 Å². The van der Waals surface area contributed by atoms with Crippen LogP contribution in [0, 0.1) is 0 Å². The van der Waals surface area contributed by atoms with Crippen molar-refractivity contribution in [2.75, 3.05) is 0 Å². The van der Waals surface area contributed by atoms with Crippen molar-refractivity contribution >= 4 is 23.5 Å². The lowest BCUT2D eigenvalue weighted by Gasteiger charge is -2.36. The zero-order valence-electron chi connectivity index (χ0n) is 17.2. The topological polar surface area (TPSA) is 133 Å². The van der Waals surface area contributed by atoms with Crippen LogP contribution in [0.15, 0.2) is 0 Å². The Kier molecular flexibility index (Phi) is 6.07. The van der Waals surface area contributed by atoms with Crippen molar-refractivity contribution in [1.82, 2.24) is 10.6 Å². The molecule has 8 nitrogen and oxygen atoms in total. The molecular formula is C20H32N2O6. The van der Waals surface area contributed by atoms with Crippen LogP contribution in [0.2, 0.25) is 0 Å². The molecule has 4 saturated heterocycles. The molecule has 8 heteroatoms. The normalized spacial score (nSPS) is 40.7. The molecule has 0 aromatic heterocycles. The number of rotatable bonds is 0. The van der Waals surface area contributed by atoms with Crippen molar-refractivity contribution in [2.24, 2.45) is 0 Å². The number of aliphatic carboxylic acids is 2. The molecule has 0 saturated carbocycles. The average molecular weight is 396 g/mol. The standard InChI is InChI=1S/2C9H15NO.C2H2O4/c2*1-8-3-4-9(2,10-8)6-7(11)5-8;3-1(4)2(5)6/h2*10H,3-6H2,1-2H3;(H,3,4)(H,5,6). The SMILES string of the molecule is CC12CCC(C)(CC(=O)C1)N2.CC12CCC(C)(CC(=O)C1)N2.O=C(O)C(=O)O. The van der Waals surface area contributed by atoms with E-state index in [9.17, 15) is 9.59 Å². The Labute approximate surface area is 165 Å². The summed E-state index contributed by atoms with van der Waals surface area (Å²) in [5.74, 6) is -2.78. The number of carboxylic acids is 2. The predicted octanol–water partition coefficient (Wildman–Crippen LogP) is 1.66. The van der Waals surface area contributed by atoms with E-state index in [0.717, 1.165) is 51.4 Å². The highest BCUT2D eigenvalue weighted by atomic mass is 16.4. The van der Waals surface area contributed by atoms with E-state index >= 15 is 0 Å². The first-order chi connectivity index (χ1) is 12.7. The van der Waals surface area contributed by atoms with Gasteiger partial charge in [-0.05, 0) is 53.4 Å². The van der Waals surface area contributed by atoms with Gasteiger partial charge in [-0.25, -0.2) is 9.59 Å². The molecule has 4 aliphatic heterocycles. The number of ketones is 2. The minimum Gasteiger partial charge on any atom is -0.473 e. The summed E-state index contributed by atoms with van der Waals surface area (Å²) in [5, 5.41) is 21.9. The van der Waals surface area contributed by atoms with E-state index in [4.69, 9.17) is 19.8 Å². The predicted molar refractivity (Wildman–Crippen MR) is 102 cm³/mol. The van der Waals surface area contributed by atoms with Gasteiger partial charge in [0.25, 0.3) is 0 Å². The van der Waals surface area contributed by atoms with Gasteiger partial charge >= 0.3 is 11.9 Å². The third-order valence-electron chi connectivity index (χ3n) is 6.20. The van der Waals surface area contributed by atoms with Gasteiger partial charge in [-0.2, -0.15) is 0 Å². The molecule has 28 heavy (non-hydrogen) atoms. The largest absolute Gasteiger partial charge is 0.473 e. The van der Waals surface area contributed by atoms with Crippen molar-refractivity contribution < 1.29 is 29.4 Å². The fraction of sp³-hybridized carbons (Fsp3) is 0.800. The van der Waals surface area contributed by atoms with Crippen LogP contribution in [0.1, 0.15) is 79.1 Å². The Balaban J connectivity index is 0.000000158. The van der Waals surface area contributed by atoms with E-state index in [1.165, 1.54) is 0 Å². The number of carboxylic acid groups (broad SMARTS) is 2. The molecule has 4 heterocycles. The first-order valence-corrected chi connectivity index (χ1v) is 9.76. The fourth-order valence-corrected chi connectivity index (χ4v) is 5.21. The first kappa shape index (κ1) is 22.5. The molecular weight excluding hydrogens is 364 g/mol. The number of piperidine rings is 2. The average Bonchev–Trinajstić information content (AvgIpc) is 2.87. The van der Waals surface area contributed by atoms with Gasteiger partial charge in [0, 0.05) is 47.8 Å². The molecule has 0 aromatic carbocycles. The van der Waals surface area contributed by atoms with Crippen molar-refractivity contribution in [2.45, 2.75) is 101 Å². The molecule has 4 unspecified atom stereocenters. The quantitative estimate of drug-likeness (QED) is 0.454. The fourth-order valence-electron chi connectivity index (χ4n) is 5.21. The number of hydrogen-bond donors (Lipinski definition) is 4. The monoisotopic (exact) mass is 396 g/mol. The molecule has 4 rings (SSSR count). The van der Waals surface area contributed by atoms with Crippen molar-refractivity contribution in [3.05, 3.63) is 0 Å². The lowest BCUT2D eigenvalue weighted by atomic mass is 9.88. The summed E-state index contributed by atoms with van der Waals surface area (Å²) >= 11 is 0. The number of carbonyl (C=O) groups is 4. The van der Waals surface area contributed by atoms with E-state index in [2.05, 4.69) is 38.3 Å². The Morgan fingerprint density at radius 3 is 1.04 bits per heavy atom. The summed E-state index contributed by atoms with van der Waals surface area (Å²) in [6, 6.07) is 0. The molecule has 0 spiro atoms. The van der Waals surface area contributed by atoms with Crippen LogP contribution in [0.5, 0.6) is 0 Å². The Hall–Kier alpha value is -1.80. The molecule has 158 valence electrons. The van der Waals surface area contributed by atoms with Gasteiger partial charge in [0.15, 0.2) is 0 Å². The van der Waals surface area contributed by atoms with Crippen molar-refractivity contribution in [3.8, 4) is 0 Å². The van der Waals surface area contributed by atoms with Crippen LogP contribution in [-0.2, 0) is 19.2 Å². The van der Waals surface area contributed by atoms with Crippen LogP contribution in [-0.4, -0.2) is 55.9 Å². The maximum atomic E-state index is 11.3. The first-order valence-electron chi connectivity index (χ1n) is 9.76. The summed E-state index contributed by atoms with van der Waals surface area (Å²) in [5.41, 5.74) is 0.516. The Morgan fingerprint density at radius 1 is 0.643 bits per heavy atom. The summed E-state index contributed by atoms with van der Waals surface area (Å²) < 4.78 is 0. The second-order valence-corrected chi connectivity index (χ2v) is 9.89. The van der Waals surface area contributed by atoms with Gasteiger partial charge < -0.3 is 20.8 Å². The van der Waals surface area contributed by atoms with Crippen LogP contribution in [0.25, 0.3) is 0 Å². The minimum absolute atomic E-state index is 0.129. The van der Waals surface area contributed by atoms with Gasteiger partial charge in [-0.1, -0.05) is 0 Å². The smallest absolute Gasteiger partial charge is 0.414 e. The highest BCUT2D eigenvalue weighted by Crippen LogP contribution is 2.40. The molecule has 0 aromatic rings. The zero-order valence-corrected chi connectivity index (χ0v) is 17.2. The molecule has 4 atom stereocenters. The van der Waals surface area contributed by atoms with E-state index in [0.29, 0.717) is 11.6 Å². The number of fused-ring (bicyclic) bond motifs is 4. The van der Waals surface area contributed by atoms with E-state index in [1.807, 2.05) is 0 Å². The third-order valence-corrected chi connectivity index (χ3v) is 6.20. The summed E-state index contributed by atoms with van der Waals surface area (Å²) in [4.78, 5) is 40.8. The summed E-state index contributed by atoms with van der Waals surface area (Å²) in [6.45, 7) is 8.65. The lowest BCUT2D eigenvalue weighted by molar-refractivity contribution is -0.159. The van der Waals surface area contributed by atoms with Crippen molar-refractivity contribution in [1.29, 1.82) is 0 Å². The van der Waals surface area contributed by atoms with E-state index < -0.39 is 11.9 Å². The van der Waals surface area contributed by atoms with Crippen LogP contribution in [0.3, 0.4) is 0 Å². The highest BCUT2D eigenvalue weighted by Gasteiger charge is 2.48. The maximum Gasteiger partial charge on any atom is 0.414 e. The number of hydrogen-bond acceptors (Lipinski definition) is 6. The van der Waals surface area contributed by atoms with E-state index in [-0.39, 0.29) is 22.2 Å². The third kappa shape index (κ3) is 5.61. The molecule has 4 fully saturated rings. The molecule has 0 aliphatic carbocycles. The summed E-state index contributed by atoms with van der Waals surface area (Å²) in [6.07, 6.45) is 7.60. The molecule has 0 radical (unpaired) electrons.